The molecule has 4 nitrogen and oxygen atoms in total. The van der Waals surface area contributed by atoms with Crippen LogP contribution in [0.2, 0.25) is 0 Å². The number of carbonyl (C=O) groups excluding carboxylic acids is 1. The largest absolute Gasteiger partial charge is 0.382 e. The lowest BCUT2D eigenvalue weighted by atomic mass is 10.0. The highest BCUT2D eigenvalue weighted by atomic mass is 16.2. The Kier molecular flexibility index (Phi) is 3.15. The van der Waals surface area contributed by atoms with Gasteiger partial charge in [0.05, 0.1) is 0 Å². The monoisotopic (exact) mass is 257 g/mol. The molecule has 2 N–H and O–H groups in total. The molecule has 2 heterocycles. The summed E-state index contributed by atoms with van der Waals surface area (Å²) in [5, 5.41) is 4.80. The first kappa shape index (κ1) is 12.1. The molecule has 0 bridgehead atoms. The second kappa shape index (κ2) is 4.96. The second-order valence-electron chi connectivity index (χ2n) is 5.20. The van der Waals surface area contributed by atoms with Crippen molar-refractivity contribution < 1.29 is 4.79 Å². The van der Waals surface area contributed by atoms with Gasteiger partial charge in [0.15, 0.2) is 0 Å². The van der Waals surface area contributed by atoms with Gasteiger partial charge in [-0.1, -0.05) is 0 Å². The van der Waals surface area contributed by atoms with Crippen LogP contribution < -0.4 is 5.32 Å². The summed E-state index contributed by atoms with van der Waals surface area (Å²) in [6.07, 6.45) is 4.00. The number of hydrogen-bond donors (Lipinski definition) is 2. The summed E-state index contributed by atoms with van der Waals surface area (Å²) in [7, 11) is 0. The van der Waals surface area contributed by atoms with Crippen LogP contribution in [-0.2, 0) is 4.79 Å². The number of carbonyl (C=O) groups is 1. The number of rotatable bonds is 2. The van der Waals surface area contributed by atoms with E-state index in [1.807, 2.05) is 11.1 Å². The summed E-state index contributed by atoms with van der Waals surface area (Å²) in [6.45, 7) is 3.37. The van der Waals surface area contributed by atoms with E-state index in [9.17, 15) is 4.79 Å². The zero-order chi connectivity index (χ0) is 13.2. The molecule has 0 spiro atoms. The van der Waals surface area contributed by atoms with Gasteiger partial charge in [-0.25, -0.2) is 0 Å². The number of anilines is 1. The average molecular weight is 257 g/mol. The molecular formula is C15H19N3O. The Morgan fingerprint density at radius 2 is 2.11 bits per heavy atom. The van der Waals surface area contributed by atoms with Crippen molar-refractivity contribution in [2.45, 2.75) is 25.8 Å². The van der Waals surface area contributed by atoms with Gasteiger partial charge in [-0.3, -0.25) is 4.79 Å². The first-order valence-corrected chi connectivity index (χ1v) is 6.81. The average Bonchev–Trinajstić information content (AvgIpc) is 2.87. The minimum atomic E-state index is 0.187. The Morgan fingerprint density at radius 1 is 1.32 bits per heavy atom. The summed E-state index contributed by atoms with van der Waals surface area (Å²) < 4.78 is 0. The first-order valence-electron chi connectivity index (χ1n) is 6.81. The van der Waals surface area contributed by atoms with Gasteiger partial charge in [-0.15, -0.1) is 0 Å². The lowest BCUT2D eigenvalue weighted by Crippen LogP contribution is -2.41. The van der Waals surface area contributed by atoms with Crippen molar-refractivity contribution in [2.75, 3.05) is 18.4 Å². The van der Waals surface area contributed by atoms with E-state index in [4.69, 9.17) is 0 Å². The Morgan fingerprint density at radius 3 is 2.84 bits per heavy atom. The maximum absolute atomic E-state index is 11.3. The Hall–Kier alpha value is -1.97. The standard InChI is InChI=1S/C15H19N3O/c1-11(19)18-8-5-13(6-9-18)17-14-2-3-15-12(10-14)4-7-16-15/h2-4,7,10,13,16-17H,5-6,8-9H2,1H3. The molecule has 1 aliphatic heterocycles. The molecule has 1 saturated heterocycles. The van der Waals surface area contributed by atoms with Gasteiger partial charge in [0.2, 0.25) is 5.91 Å². The third-order valence-electron chi connectivity index (χ3n) is 3.86. The number of aromatic nitrogens is 1. The van der Waals surface area contributed by atoms with Crippen LogP contribution >= 0.6 is 0 Å². The molecule has 0 aliphatic carbocycles. The Bertz CT molecular complexity index is 582. The van der Waals surface area contributed by atoms with Gasteiger partial charge in [0.1, 0.15) is 0 Å². The molecule has 0 unspecified atom stereocenters. The van der Waals surface area contributed by atoms with Crippen molar-refractivity contribution >= 4 is 22.5 Å². The van der Waals surface area contributed by atoms with Crippen LogP contribution in [0.5, 0.6) is 0 Å². The van der Waals surface area contributed by atoms with Gasteiger partial charge in [-0.2, -0.15) is 0 Å². The zero-order valence-electron chi connectivity index (χ0n) is 11.1. The van der Waals surface area contributed by atoms with Crippen molar-refractivity contribution in [3.8, 4) is 0 Å². The second-order valence-corrected chi connectivity index (χ2v) is 5.20. The summed E-state index contributed by atoms with van der Waals surface area (Å²) in [5.74, 6) is 0.187. The molecule has 1 amide bonds. The van der Waals surface area contributed by atoms with E-state index in [1.54, 1.807) is 6.92 Å². The van der Waals surface area contributed by atoms with Gasteiger partial charge in [-0.05, 0) is 37.1 Å². The van der Waals surface area contributed by atoms with Gasteiger partial charge >= 0.3 is 0 Å². The molecule has 1 fully saturated rings. The van der Waals surface area contributed by atoms with Crippen molar-refractivity contribution in [1.82, 2.24) is 9.88 Å². The summed E-state index contributed by atoms with van der Waals surface area (Å²) in [6, 6.07) is 8.92. The quantitative estimate of drug-likeness (QED) is 0.868. The van der Waals surface area contributed by atoms with Crippen LogP contribution in [0, 0.1) is 0 Å². The highest BCUT2D eigenvalue weighted by Gasteiger charge is 2.20. The topological polar surface area (TPSA) is 48.1 Å². The fraction of sp³-hybridized carbons (Fsp3) is 0.400. The van der Waals surface area contributed by atoms with Crippen LogP contribution in [-0.4, -0.2) is 34.9 Å². The molecular weight excluding hydrogens is 238 g/mol. The number of nitrogens with zero attached hydrogens (tertiary/aromatic N) is 1. The zero-order valence-corrected chi connectivity index (χ0v) is 11.1. The summed E-state index contributed by atoms with van der Waals surface area (Å²) in [4.78, 5) is 16.4. The number of benzene rings is 1. The predicted molar refractivity (Wildman–Crippen MR) is 77.2 cm³/mol. The molecule has 0 atom stereocenters. The van der Waals surface area contributed by atoms with E-state index in [0.717, 1.165) is 37.1 Å². The van der Waals surface area contributed by atoms with Crippen molar-refractivity contribution in [3.63, 3.8) is 0 Å². The number of hydrogen-bond acceptors (Lipinski definition) is 2. The smallest absolute Gasteiger partial charge is 0.219 e. The number of aromatic amines is 1. The van der Waals surface area contributed by atoms with Crippen molar-refractivity contribution in [2.24, 2.45) is 0 Å². The maximum atomic E-state index is 11.3. The number of H-pyrrole nitrogens is 1. The van der Waals surface area contributed by atoms with Gasteiger partial charge in [0, 0.05) is 48.8 Å². The summed E-state index contributed by atoms with van der Waals surface area (Å²) in [5.41, 5.74) is 2.32. The maximum Gasteiger partial charge on any atom is 0.219 e. The molecule has 1 aromatic carbocycles. The first-order chi connectivity index (χ1) is 9.22. The number of amides is 1. The van der Waals surface area contributed by atoms with Crippen LogP contribution in [0.1, 0.15) is 19.8 Å². The highest BCUT2D eigenvalue weighted by molar-refractivity contribution is 5.83. The SMILES string of the molecule is CC(=O)N1CCC(Nc2ccc3[nH]ccc3c2)CC1. The van der Waals surface area contributed by atoms with E-state index in [1.165, 1.54) is 5.39 Å². The third kappa shape index (κ3) is 2.57. The highest BCUT2D eigenvalue weighted by Crippen LogP contribution is 2.21. The van der Waals surface area contributed by atoms with E-state index < -0.39 is 0 Å². The van der Waals surface area contributed by atoms with E-state index >= 15 is 0 Å². The molecule has 0 saturated carbocycles. The van der Waals surface area contributed by atoms with Crippen LogP contribution in [0.4, 0.5) is 5.69 Å². The van der Waals surface area contributed by atoms with E-state index in [0.29, 0.717) is 6.04 Å². The Balaban J connectivity index is 1.64. The summed E-state index contributed by atoms with van der Waals surface area (Å²) >= 11 is 0. The number of fused-ring (bicyclic) bond motifs is 1. The third-order valence-corrected chi connectivity index (χ3v) is 3.86. The molecule has 3 rings (SSSR count). The fourth-order valence-electron chi connectivity index (χ4n) is 2.72. The fourth-order valence-corrected chi connectivity index (χ4v) is 2.72. The lowest BCUT2D eigenvalue weighted by molar-refractivity contribution is -0.129. The van der Waals surface area contributed by atoms with Crippen molar-refractivity contribution in [1.29, 1.82) is 0 Å². The predicted octanol–water partition coefficient (Wildman–Crippen LogP) is 2.59. The van der Waals surface area contributed by atoms with Crippen LogP contribution in [0.25, 0.3) is 10.9 Å². The molecule has 2 aromatic rings. The molecule has 100 valence electrons. The minimum absolute atomic E-state index is 0.187. The lowest BCUT2D eigenvalue weighted by Gasteiger charge is -2.32. The number of likely N-dealkylation sites (tertiary alicyclic amines) is 1. The van der Waals surface area contributed by atoms with Crippen LogP contribution in [0.3, 0.4) is 0 Å². The van der Waals surface area contributed by atoms with E-state index in [2.05, 4.69) is 34.6 Å². The van der Waals surface area contributed by atoms with Crippen LogP contribution in [0.15, 0.2) is 30.5 Å². The van der Waals surface area contributed by atoms with Gasteiger partial charge < -0.3 is 15.2 Å². The molecule has 1 aromatic heterocycles. The number of piperidine rings is 1. The van der Waals surface area contributed by atoms with Crippen molar-refractivity contribution in [3.05, 3.63) is 30.5 Å². The minimum Gasteiger partial charge on any atom is -0.382 e. The number of nitrogens with one attached hydrogen (secondary N) is 2. The molecule has 1 aliphatic rings. The normalized spacial score (nSPS) is 16.8. The molecule has 0 radical (unpaired) electrons. The van der Waals surface area contributed by atoms with Gasteiger partial charge in [0.25, 0.3) is 0 Å². The molecule has 19 heavy (non-hydrogen) atoms. The molecule has 4 heteroatoms. The van der Waals surface area contributed by atoms with E-state index in [-0.39, 0.29) is 5.91 Å². The Labute approximate surface area is 112 Å².